The first-order valence-corrected chi connectivity index (χ1v) is 6.27. The van der Waals surface area contributed by atoms with E-state index >= 15 is 0 Å². The summed E-state index contributed by atoms with van der Waals surface area (Å²) in [6.45, 7) is 0.420. The summed E-state index contributed by atoms with van der Waals surface area (Å²) < 4.78 is 13.7. The topological polar surface area (TPSA) is 26.0 Å². The van der Waals surface area contributed by atoms with Crippen molar-refractivity contribution in [3.8, 4) is 0 Å². The first kappa shape index (κ1) is 13.1. The maximum Gasteiger partial charge on any atom is 0.126 e. The molecule has 1 nitrogen and oxygen atoms in total. The van der Waals surface area contributed by atoms with Crippen LogP contribution in [-0.2, 0) is 6.42 Å². The zero-order valence-corrected chi connectivity index (χ0v) is 10.7. The van der Waals surface area contributed by atoms with Crippen molar-refractivity contribution in [1.82, 2.24) is 0 Å². The molecular weight excluding hydrogens is 249 g/mol. The minimum Gasteiger partial charge on any atom is -0.330 e. The van der Waals surface area contributed by atoms with Crippen LogP contribution < -0.4 is 5.73 Å². The van der Waals surface area contributed by atoms with E-state index in [0.717, 1.165) is 5.56 Å². The predicted molar refractivity (Wildman–Crippen MR) is 73.4 cm³/mol. The van der Waals surface area contributed by atoms with Crippen molar-refractivity contribution in [3.05, 3.63) is 70.5 Å². The van der Waals surface area contributed by atoms with Gasteiger partial charge in [-0.3, -0.25) is 0 Å². The van der Waals surface area contributed by atoms with Gasteiger partial charge in [0, 0.05) is 10.9 Å². The van der Waals surface area contributed by atoms with Gasteiger partial charge in [-0.05, 0) is 42.3 Å². The summed E-state index contributed by atoms with van der Waals surface area (Å²) in [4.78, 5) is 0. The third-order valence-electron chi connectivity index (χ3n) is 3.02. The molecule has 2 N–H and O–H groups in total. The van der Waals surface area contributed by atoms with E-state index in [1.54, 1.807) is 12.1 Å². The van der Waals surface area contributed by atoms with Gasteiger partial charge in [-0.15, -0.1) is 0 Å². The summed E-state index contributed by atoms with van der Waals surface area (Å²) in [7, 11) is 0. The van der Waals surface area contributed by atoms with E-state index in [0.29, 0.717) is 23.6 Å². The average molecular weight is 264 g/mol. The van der Waals surface area contributed by atoms with Crippen molar-refractivity contribution < 1.29 is 4.39 Å². The van der Waals surface area contributed by atoms with Crippen LogP contribution in [0.2, 0.25) is 5.02 Å². The Morgan fingerprint density at radius 2 is 1.72 bits per heavy atom. The molecule has 0 fully saturated rings. The Hall–Kier alpha value is -1.38. The molecule has 18 heavy (non-hydrogen) atoms. The fourth-order valence-corrected chi connectivity index (χ4v) is 2.16. The Morgan fingerprint density at radius 3 is 2.33 bits per heavy atom. The summed E-state index contributed by atoms with van der Waals surface area (Å²) in [5.41, 5.74) is 7.54. The third-order valence-corrected chi connectivity index (χ3v) is 3.28. The zero-order chi connectivity index (χ0) is 13.0. The molecule has 0 saturated carbocycles. The van der Waals surface area contributed by atoms with Crippen molar-refractivity contribution in [1.29, 1.82) is 0 Å². The Labute approximate surface area is 111 Å². The smallest absolute Gasteiger partial charge is 0.126 e. The van der Waals surface area contributed by atoms with Crippen LogP contribution >= 0.6 is 11.6 Å². The molecule has 0 aliphatic rings. The van der Waals surface area contributed by atoms with Gasteiger partial charge in [-0.25, -0.2) is 4.39 Å². The molecule has 2 rings (SSSR count). The van der Waals surface area contributed by atoms with Crippen LogP contribution in [-0.4, -0.2) is 6.54 Å². The minimum absolute atomic E-state index is 0.00706. The third kappa shape index (κ3) is 3.09. The van der Waals surface area contributed by atoms with Gasteiger partial charge in [0.25, 0.3) is 0 Å². The highest BCUT2D eigenvalue weighted by Crippen LogP contribution is 2.23. The molecule has 0 radical (unpaired) electrons. The molecule has 0 aliphatic carbocycles. The van der Waals surface area contributed by atoms with Crippen LogP contribution in [0.1, 0.15) is 17.0 Å². The molecule has 0 heterocycles. The summed E-state index contributed by atoms with van der Waals surface area (Å²) in [6, 6.07) is 14.4. The van der Waals surface area contributed by atoms with Crippen LogP contribution in [0.15, 0.2) is 48.5 Å². The van der Waals surface area contributed by atoms with Gasteiger partial charge in [0.2, 0.25) is 0 Å². The van der Waals surface area contributed by atoms with E-state index in [-0.39, 0.29) is 11.7 Å². The number of hydrogen-bond acceptors (Lipinski definition) is 1. The lowest BCUT2D eigenvalue weighted by atomic mass is 9.92. The molecule has 94 valence electrons. The van der Waals surface area contributed by atoms with Crippen molar-refractivity contribution in [3.63, 3.8) is 0 Å². The molecule has 1 unspecified atom stereocenters. The highest BCUT2D eigenvalue weighted by atomic mass is 35.5. The van der Waals surface area contributed by atoms with Gasteiger partial charge in [0.1, 0.15) is 5.82 Å². The van der Waals surface area contributed by atoms with Gasteiger partial charge < -0.3 is 5.73 Å². The Kier molecular flexibility index (Phi) is 4.34. The summed E-state index contributed by atoms with van der Waals surface area (Å²) in [6.07, 6.45) is 0.717. The second-order valence-corrected chi connectivity index (χ2v) is 4.72. The summed E-state index contributed by atoms with van der Waals surface area (Å²) in [5, 5.41) is 0.703. The van der Waals surface area contributed by atoms with E-state index < -0.39 is 0 Å². The monoisotopic (exact) mass is 263 g/mol. The minimum atomic E-state index is -0.193. The Morgan fingerprint density at radius 1 is 1.06 bits per heavy atom. The van der Waals surface area contributed by atoms with E-state index in [4.69, 9.17) is 17.3 Å². The highest BCUT2D eigenvalue weighted by molar-refractivity contribution is 6.30. The average Bonchev–Trinajstić information content (AvgIpc) is 2.39. The van der Waals surface area contributed by atoms with Crippen molar-refractivity contribution >= 4 is 11.6 Å². The number of nitrogens with two attached hydrogens (primary N) is 1. The molecule has 0 saturated heterocycles. The van der Waals surface area contributed by atoms with E-state index in [9.17, 15) is 4.39 Å². The molecule has 0 bridgehead atoms. The Balaban J connectivity index is 2.20. The second-order valence-electron chi connectivity index (χ2n) is 4.28. The normalized spacial score (nSPS) is 12.4. The number of halogens is 2. The summed E-state index contributed by atoms with van der Waals surface area (Å²) >= 11 is 5.84. The first-order valence-electron chi connectivity index (χ1n) is 5.89. The molecule has 3 heteroatoms. The van der Waals surface area contributed by atoms with E-state index in [1.807, 2.05) is 30.3 Å². The fraction of sp³-hybridized carbons (Fsp3) is 0.200. The summed E-state index contributed by atoms with van der Waals surface area (Å²) in [5.74, 6) is -0.200. The maximum absolute atomic E-state index is 13.7. The predicted octanol–water partition coefficient (Wildman–Crippen LogP) is 3.76. The van der Waals surface area contributed by atoms with Crippen molar-refractivity contribution in [2.24, 2.45) is 5.73 Å². The molecule has 0 amide bonds. The van der Waals surface area contributed by atoms with Crippen LogP contribution in [0.3, 0.4) is 0 Å². The van der Waals surface area contributed by atoms with Crippen LogP contribution in [0.4, 0.5) is 4.39 Å². The molecule has 0 spiro atoms. The number of benzene rings is 2. The lowest BCUT2D eigenvalue weighted by Gasteiger charge is -2.16. The van der Waals surface area contributed by atoms with Crippen LogP contribution in [0, 0.1) is 5.82 Å². The lowest BCUT2D eigenvalue weighted by Crippen LogP contribution is -2.16. The Bertz CT molecular complexity index is 510. The molecule has 0 aliphatic heterocycles. The first-order chi connectivity index (χ1) is 8.70. The molecule has 2 aromatic rings. The van der Waals surface area contributed by atoms with Crippen LogP contribution in [0.5, 0.6) is 0 Å². The van der Waals surface area contributed by atoms with Crippen molar-refractivity contribution in [2.45, 2.75) is 12.3 Å². The van der Waals surface area contributed by atoms with Gasteiger partial charge in [0.15, 0.2) is 0 Å². The fourth-order valence-electron chi connectivity index (χ4n) is 2.03. The second kappa shape index (κ2) is 5.98. The maximum atomic E-state index is 13.7. The van der Waals surface area contributed by atoms with Gasteiger partial charge in [0.05, 0.1) is 0 Å². The molecular formula is C15H15ClFN. The van der Waals surface area contributed by atoms with Crippen LogP contribution in [0.25, 0.3) is 0 Å². The molecule has 1 atom stereocenters. The number of rotatable bonds is 4. The van der Waals surface area contributed by atoms with E-state index in [1.165, 1.54) is 6.07 Å². The van der Waals surface area contributed by atoms with Gasteiger partial charge in [-0.2, -0.15) is 0 Å². The van der Waals surface area contributed by atoms with Crippen molar-refractivity contribution in [2.75, 3.05) is 6.54 Å². The number of hydrogen-bond donors (Lipinski definition) is 1. The largest absolute Gasteiger partial charge is 0.330 e. The van der Waals surface area contributed by atoms with E-state index in [2.05, 4.69) is 0 Å². The molecule has 2 aromatic carbocycles. The standard InChI is InChI=1S/C15H15ClFN/c16-13-7-5-11(6-8-13)9-12(10-18)14-3-1-2-4-15(14)17/h1-8,12H,9-10,18H2. The van der Waals surface area contributed by atoms with Gasteiger partial charge in [-0.1, -0.05) is 41.9 Å². The highest BCUT2D eigenvalue weighted by Gasteiger charge is 2.14. The quantitative estimate of drug-likeness (QED) is 0.893. The molecule has 0 aromatic heterocycles. The zero-order valence-electron chi connectivity index (χ0n) is 9.94. The SMILES string of the molecule is NCC(Cc1ccc(Cl)cc1)c1ccccc1F. The lowest BCUT2D eigenvalue weighted by molar-refractivity contribution is 0.576. The van der Waals surface area contributed by atoms with Gasteiger partial charge >= 0.3 is 0 Å².